The van der Waals surface area contributed by atoms with E-state index in [-0.39, 0.29) is 29.9 Å². The number of rotatable bonds is 5. The number of anilines is 1. The van der Waals surface area contributed by atoms with Gasteiger partial charge in [0.15, 0.2) is 11.6 Å². The van der Waals surface area contributed by atoms with Crippen LogP contribution in [-0.4, -0.2) is 29.6 Å². The summed E-state index contributed by atoms with van der Waals surface area (Å²) in [5.74, 6) is 0.0608. The lowest BCUT2D eigenvalue weighted by Gasteiger charge is -2.05. The second-order valence-corrected chi connectivity index (χ2v) is 3.13. The van der Waals surface area contributed by atoms with Crippen molar-refractivity contribution in [3.63, 3.8) is 0 Å². The zero-order valence-corrected chi connectivity index (χ0v) is 9.88. The fourth-order valence-corrected chi connectivity index (χ4v) is 1.11. The summed E-state index contributed by atoms with van der Waals surface area (Å²) in [6.07, 6.45) is 2.69. The van der Waals surface area contributed by atoms with E-state index in [1.807, 2.05) is 7.05 Å². The first-order chi connectivity index (χ1) is 7.24. The SMILES string of the molecule is CNCCCC(=O)Nc1ncccc1O.Cl. The number of hydrogen-bond donors (Lipinski definition) is 3. The Balaban J connectivity index is 0.00000225. The highest BCUT2D eigenvalue weighted by Gasteiger charge is 2.05. The second kappa shape index (κ2) is 7.90. The van der Waals surface area contributed by atoms with Gasteiger partial charge >= 0.3 is 0 Å². The van der Waals surface area contributed by atoms with Crippen LogP contribution in [0.2, 0.25) is 0 Å². The summed E-state index contributed by atoms with van der Waals surface area (Å²) in [5.41, 5.74) is 0. The third-order valence-electron chi connectivity index (χ3n) is 1.87. The van der Waals surface area contributed by atoms with Gasteiger partial charge in [0.2, 0.25) is 5.91 Å². The molecule has 0 atom stereocenters. The molecule has 0 fully saturated rings. The highest BCUT2D eigenvalue weighted by atomic mass is 35.5. The van der Waals surface area contributed by atoms with E-state index in [4.69, 9.17) is 0 Å². The van der Waals surface area contributed by atoms with Crippen molar-refractivity contribution in [3.05, 3.63) is 18.3 Å². The van der Waals surface area contributed by atoms with Crippen LogP contribution in [0.15, 0.2) is 18.3 Å². The maximum atomic E-state index is 11.3. The summed E-state index contributed by atoms with van der Waals surface area (Å²) in [7, 11) is 1.84. The zero-order valence-electron chi connectivity index (χ0n) is 9.06. The Bertz CT molecular complexity index is 334. The average Bonchev–Trinajstić information content (AvgIpc) is 2.22. The molecule has 1 rings (SSSR count). The summed E-state index contributed by atoms with van der Waals surface area (Å²) in [5, 5.41) is 14.8. The molecule has 1 heterocycles. The Labute approximate surface area is 101 Å². The third kappa shape index (κ3) is 4.95. The van der Waals surface area contributed by atoms with Gasteiger partial charge in [-0.2, -0.15) is 0 Å². The number of halogens is 1. The van der Waals surface area contributed by atoms with Gasteiger partial charge in [-0.15, -0.1) is 12.4 Å². The van der Waals surface area contributed by atoms with E-state index in [9.17, 15) is 9.90 Å². The van der Waals surface area contributed by atoms with E-state index >= 15 is 0 Å². The van der Waals surface area contributed by atoms with Gasteiger partial charge in [-0.1, -0.05) is 0 Å². The number of nitrogens with one attached hydrogen (secondary N) is 2. The van der Waals surface area contributed by atoms with Crippen LogP contribution in [0.3, 0.4) is 0 Å². The quantitative estimate of drug-likeness (QED) is 0.681. The first-order valence-corrected chi connectivity index (χ1v) is 4.82. The van der Waals surface area contributed by atoms with Gasteiger partial charge in [0.1, 0.15) is 0 Å². The molecular formula is C10H16ClN3O2. The number of carbonyl (C=O) groups excluding carboxylic acids is 1. The summed E-state index contributed by atoms with van der Waals surface area (Å²) in [4.78, 5) is 15.2. The van der Waals surface area contributed by atoms with Gasteiger partial charge in [0.05, 0.1) is 0 Å². The Morgan fingerprint density at radius 2 is 2.31 bits per heavy atom. The molecule has 0 aliphatic rings. The molecule has 0 aliphatic heterocycles. The lowest BCUT2D eigenvalue weighted by atomic mass is 10.3. The minimum atomic E-state index is -0.140. The van der Waals surface area contributed by atoms with Crippen molar-refractivity contribution in [1.82, 2.24) is 10.3 Å². The number of pyridine rings is 1. The minimum Gasteiger partial charge on any atom is -0.504 e. The van der Waals surface area contributed by atoms with Crippen molar-refractivity contribution < 1.29 is 9.90 Å². The van der Waals surface area contributed by atoms with Crippen LogP contribution in [-0.2, 0) is 4.79 Å². The van der Waals surface area contributed by atoms with Crippen molar-refractivity contribution in [3.8, 4) is 5.75 Å². The highest BCUT2D eigenvalue weighted by Crippen LogP contribution is 2.18. The molecule has 0 spiro atoms. The Morgan fingerprint density at radius 3 is 2.94 bits per heavy atom. The number of amides is 1. The normalized spacial score (nSPS) is 9.31. The van der Waals surface area contributed by atoms with Crippen LogP contribution >= 0.6 is 12.4 Å². The largest absolute Gasteiger partial charge is 0.504 e. The van der Waals surface area contributed by atoms with E-state index in [2.05, 4.69) is 15.6 Å². The van der Waals surface area contributed by atoms with Crippen LogP contribution in [0.1, 0.15) is 12.8 Å². The van der Waals surface area contributed by atoms with Crippen LogP contribution in [0.25, 0.3) is 0 Å². The van der Waals surface area contributed by atoms with Crippen molar-refractivity contribution in [2.45, 2.75) is 12.8 Å². The molecule has 16 heavy (non-hydrogen) atoms. The summed E-state index contributed by atoms with van der Waals surface area (Å²) in [6.45, 7) is 0.793. The van der Waals surface area contributed by atoms with Crippen LogP contribution < -0.4 is 10.6 Å². The third-order valence-corrected chi connectivity index (χ3v) is 1.87. The average molecular weight is 246 g/mol. The molecule has 6 heteroatoms. The zero-order chi connectivity index (χ0) is 11.1. The number of hydrogen-bond acceptors (Lipinski definition) is 4. The van der Waals surface area contributed by atoms with E-state index in [0.29, 0.717) is 6.42 Å². The monoisotopic (exact) mass is 245 g/mol. The van der Waals surface area contributed by atoms with E-state index < -0.39 is 0 Å². The molecule has 1 aromatic heterocycles. The maximum Gasteiger partial charge on any atom is 0.225 e. The molecule has 5 nitrogen and oxygen atoms in total. The summed E-state index contributed by atoms with van der Waals surface area (Å²) in [6, 6.07) is 3.09. The van der Waals surface area contributed by atoms with Gasteiger partial charge < -0.3 is 15.7 Å². The van der Waals surface area contributed by atoms with Gasteiger partial charge in [-0.3, -0.25) is 4.79 Å². The van der Waals surface area contributed by atoms with E-state index in [1.165, 1.54) is 12.3 Å². The number of aromatic nitrogens is 1. The van der Waals surface area contributed by atoms with Crippen molar-refractivity contribution >= 4 is 24.1 Å². The molecule has 0 radical (unpaired) electrons. The van der Waals surface area contributed by atoms with Crippen LogP contribution in [0.4, 0.5) is 5.82 Å². The van der Waals surface area contributed by atoms with Crippen LogP contribution in [0.5, 0.6) is 5.75 Å². The number of aromatic hydroxyl groups is 1. The molecule has 0 saturated carbocycles. The smallest absolute Gasteiger partial charge is 0.225 e. The second-order valence-electron chi connectivity index (χ2n) is 3.13. The molecule has 0 aromatic carbocycles. The lowest BCUT2D eigenvalue weighted by molar-refractivity contribution is -0.116. The molecular weight excluding hydrogens is 230 g/mol. The van der Waals surface area contributed by atoms with Crippen LogP contribution in [0, 0.1) is 0 Å². The highest BCUT2D eigenvalue weighted by molar-refractivity contribution is 5.90. The topological polar surface area (TPSA) is 74.2 Å². The fourth-order valence-electron chi connectivity index (χ4n) is 1.11. The predicted molar refractivity (Wildman–Crippen MR) is 64.9 cm³/mol. The van der Waals surface area contributed by atoms with E-state index in [0.717, 1.165) is 13.0 Å². The molecule has 0 bridgehead atoms. The van der Waals surface area contributed by atoms with E-state index in [1.54, 1.807) is 6.07 Å². The summed E-state index contributed by atoms with van der Waals surface area (Å²) >= 11 is 0. The molecule has 1 amide bonds. The first kappa shape index (κ1) is 14.7. The molecule has 0 aliphatic carbocycles. The van der Waals surface area contributed by atoms with Crippen molar-refractivity contribution in [2.75, 3.05) is 18.9 Å². The Morgan fingerprint density at radius 1 is 1.56 bits per heavy atom. The first-order valence-electron chi connectivity index (χ1n) is 4.82. The Hall–Kier alpha value is -1.33. The fraction of sp³-hybridized carbons (Fsp3) is 0.400. The molecule has 1 aromatic rings. The molecule has 0 saturated heterocycles. The van der Waals surface area contributed by atoms with Crippen molar-refractivity contribution in [2.24, 2.45) is 0 Å². The molecule has 3 N–H and O–H groups in total. The lowest BCUT2D eigenvalue weighted by Crippen LogP contribution is -2.15. The number of carbonyl (C=O) groups is 1. The Kier molecular flexibility index (Phi) is 7.24. The van der Waals surface area contributed by atoms with Gasteiger partial charge in [-0.25, -0.2) is 4.98 Å². The van der Waals surface area contributed by atoms with Gasteiger partial charge in [0, 0.05) is 12.6 Å². The summed E-state index contributed by atoms with van der Waals surface area (Å²) < 4.78 is 0. The number of nitrogens with zero attached hydrogens (tertiary/aromatic N) is 1. The van der Waals surface area contributed by atoms with Crippen molar-refractivity contribution in [1.29, 1.82) is 0 Å². The van der Waals surface area contributed by atoms with Gasteiger partial charge in [0.25, 0.3) is 0 Å². The molecule has 90 valence electrons. The van der Waals surface area contributed by atoms with Gasteiger partial charge in [-0.05, 0) is 32.1 Å². The molecule has 0 unspecified atom stereocenters. The standard InChI is InChI=1S/C10H15N3O2.ClH/c1-11-6-3-5-9(15)13-10-8(14)4-2-7-12-10;/h2,4,7,11,14H,3,5-6H2,1H3,(H,12,13,15);1H. The maximum absolute atomic E-state index is 11.3. The minimum absolute atomic E-state index is 0. The predicted octanol–water partition coefficient (Wildman–Crippen LogP) is 1.15.